The second kappa shape index (κ2) is 6.13. The Labute approximate surface area is 123 Å². The first-order valence-electron chi connectivity index (χ1n) is 7.45. The summed E-state index contributed by atoms with van der Waals surface area (Å²) in [4.78, 5) is 0. The van der Waals surface area contributed by atoms with Crippen LogP contribution in [0.2, 0.25) is 0 Å². The summed E-state index contributed by atoms with van der Waals surface area (Å²) < 4.78 is 0. The zero-order valence-electron chi connectivity index (χ0n) is 13.2. The monoisotopic (exact) mass is 267 g/mol. The van der Waals surface area contributed by atoms with Gasteiger partial charge in [0, 0.05) is 11.4 Å². The predicted molar refractivity (Wildman–Crippen MR) is 89.1 cm³/mol. The van der Waals surface area contributed by atoms with E-state index in [9.17, 15) is 0 Å². The Hall–Kier alpha value is -1.76. The van der Waals surface area contributed by atoms with Gasteiger partial charge >= 0.3 is 0 Å². The van der Waals surface area contributed by atoms with Crippen LogP contribution in [0.1, 0.15) is 56.2 Å². The van der Waals surface area contributed by atoms with E-state index >= 15 is 0 Å². The van der Waals surface area contributed by atoms with Gasteiger partial charge in [-0.25, -0.2) is 0 Å². The number of anilines is 2. The molecule has 1 N–H and O–H groups in total. The maximum absolute atomic E-state index is 3.64. The third kappa shape index (κ3) is 3.22. The van der Waals surface area contributed by atoms with Crippen LogP contribution in [0.15, 0.2) is 42.5 Å². The van der Waals surface area contributed by atoms with E-state index in [1.54, 1.807) is 0 Å². The lowest BCUT2D eigenvalue weighted by atomic mass is 9.92. The molecule has 0 aromatic heterocycles. The predicted octanol–water partition coefficient (Wildman–Crippen LogP) is 5.99. The number of benzene rings is 2. The normalized spacial score (nSPS) is 11.2. The summed E-state index contributed by atoms with van der Waals surface area (Å²) in [6.07, 6.45) is 0. The second-order valence-electron chi connectivity index (χ2n) is 6.12. The molecule has 2 aromatic rings. The van der Waals surface area contributed by atoms with Crippen molar-refractivity contribution in [2.45, 2.75) is 46.5 Å². The molecule has 0 radical (unpaired) electrons. The van der Waals surface area contributed by atoms with Crippen molar-refractivity contribution < 1.29 is 0 Å². The molecule has 2 aromatic carbocycles. The van der Waals surface area contributed by atoms with Crippen molar-refractivity contribution in [2.24, 2.45) is 0 Å². The van der Waals surface area contributed by atoms with Gasteiger partial charge in [-0.3, -0.25) is 0 Å². The van der Waals surface area contributed by atoms with Crippen molar-refractivity contribution in [1.29, 1.82) is 0 Å². The first-order chi connectivity index (χ1) is 9.49. The fourth-order valence-electron chi connectivity index (χ4n) is 2.56. The topological polar surface area (TPSA) is 12.0 Å². The summed E-state index contributed by atoms with van der Waals surface area (Å²) in [5, 5.41) is 3.64. The van der Waals surface area contributed by atoms with Crippen LogP contribution >= 0.6 is 0 Å². The second-order valence-corrected chi connectivity index (χ2v) is 6.12. The van der Waals surface area contributed by atoms with Crippen molar-refractivity contribution in [1.82, 2.24) is 0 Å². The SMILES string of the molecule is Cc1cccc(Nc2c(C(C)C)cccc2C(C)C)c1. The van der Waals surface area contributed by atoms with Gasteiger partial charge in [0.25, 0.3) is 0 Å². The molecule has 0 saturated carbocycles. The summed E-state index contributed by atoms with van der Waals surface area (Å²) in [7, 11) is 0. The number of para-hydroxylation sites is 1. The number of aryl methyl sites for hydroxylation is 1. The fraction of sp³-hybridized carbons (Fsp3) is 0.368. The molecule has 0 aliphatic heterocycles. The molecule has 0 heterocycles. The zero-order valence-corrected chi connectivity index (χ0v) is 13.2. The Morgan fingerprint density at radius 2 is 1.35 bits per heavy atom. The van der Waals surface area contributed by atoms with E-state index < -0.39 is 0 Å². The van der Waals surface area contributed by atoms with Crippen molar-refractivity contribution in [2.75, 3.05) is 5.32 Å². The molecule has 20 heavy (non-hydrogen) atoms. The Balaban J connectivity index is 2.48. The first-order valence-corrected chi connectivity index (χ1v) is 7.45. The van der Waals surface area contributed by atoms with Crippen LogP contribution in [-0.4, -0.2) is 0 Å². The minimum Gasteiger partial charge on any atom is -0.355 e. The number of hydrogen-bond acceptors (Lipinski definition) is 1. The summed E-state index contributed by atoms with van der Waals surface area (Å²) in [6.45, 7) is 11.1. The molecule has 1 heteroatoms. The summed E-state index contributed by atoms with van der Waals surface area (Å²) in [6, 6.07) is 15.2. The maximum Gasteiger partial charge on any atom is 0.0454 e. The average molecular weight is 267 g/mol. The molecule has 0 unspecified atom stereocenters. The lowest BCUT2D eigenvalue weighted by Crippen LogP contribution is -2.03. The molecule has 0 atom stereocenters. The van der Waals surface area contributed by atoms with Crippen LogP contribution in [0.4, 0.5) is 11.4 Å². The number of rotatable bonds is 4. The van der Waals surface area contributed by atoms with Crippen LogP contribution in [0.25, 0.3) is 0 Å². The van der Waals surface area contributed by atoms with Crippen molar-refractivity contribution >= 4 is 11.4 Å². The van der Waals surface area contributed by atoms with Crippen molar-refractivity contribution in [3.05, 3.63) is 59.2 Å². The van der Waals surface area contributed by atoms with Gasteiger partial charge in [0.1, 0.15) is 0 Å². The highest BCUT2D eigenvalue weighted by atomic mass is 14.9. The Bertz CT molecular complexity index is 556. The molecule has 0 aliphatic carbocycles. The highest BCUT2D eigenvalue weighted by Crippen LogP contribution is 2.34. The average Bonchev–Trinajstić information content (AvgIpc) is 2.38. The molecule has 0 spiro atoms. The molecule has 2 rings (SSSR count). The first kappa shape index (κ1) is 14.6. The maximum atomic E-state index is 3.64. The minimum absolute atomic E-state index is 0.515. The van der Waals surface area contributed by atoms with E-state index in [-0.39, 0.29) is 0 Å². The lowest BCUT2D eigenvalue weighted by molar-refractivity contribution is 0.838. The van der Waals surface area contributed by atoms with Crippen LogP contribution in [0, 0.1) is 6.92 Å². The Morgan fingerprint density at radius 3 is 1.85 bits per heavy atom. The molecule has 0 bridgehead atoms. The van der Waals surface area contributed by atoms with Gasteiger partial charge in [-0.2, -0.15) is 0 Å². The van der Waals surface area contributed by atoms with Gasteiger partial charge < -0.3 is 5.32 Å². The van der Waals surface area contributed by atoms with Crippen LogP contribution in [0.5, 0.6) is 0 Å². The van der Waals surface area contributed by atoms with Crippen LogP contribution < -0.4 is 5.32 Å². The highest BCUT2D eigenvalue weighted by Gasteiger charge is 2.13. The number of hydrogen-bond donors (Lipinski definition) is 1. The summed E-state index contributed by atoms with van der Waals surface area (Å²) in [5.41, 5.74) is 6.50. The van der Waals surface area contributed by atoms with Gasteiger partial charge in [-0.15, -0.1) is 0 Å². The smallest absolute Gasteiger partial charge is 0.0454 e. The van der Waals surface area contributed by atoms with Crippen LogP contribution in [-0.2, 0) is 0 Å². The molecular formula is C19H25N. The third-order valence-electron chi connectivity index (χ3n) is 3.66. The Morgan fingerprint density at radius 1 is 0.800 bits per heavy atom. The lowest BCUT2D eigenvalue weighted by Gasteiger charge is -2.21. The molecule has 0 saturated heterocycles. The zero-order chi connectivity index (χ0) is 14.7. The van der Waals surface area contributed by atoms with E-state index in [1.165, 1.54) is 28.1 Å². The van der Waals surface area contributed by atoms with Gasteiger partial charge in [0.05, 0.1) is 0 Å². The van der Waals surface area contributed by atoms with E-state index in [2.05, 4.69) is 82.4 Å². The largest absolute Gasteiger partial charge is 0.355 e. The number of nitrogens with one attached hydrogen (secondary N) is 1. The Kier molecular flexibility index (Phi) is 4.49. The van der Waals surface area contributed by atoms with Gasteiger partial charge in [0.2, 0.25) is 0 Å². The van der Waals surface area contributed by atoms with E-state index in [0.717, 1.165) is 0 Å². The standard InChI is InChI=1S/C19H25N/c1-13(2)17-10-7-11-18(14(3)4)19(17)20-16-9-6-8-15(5)12-16/h6-14,20H,1-5H3. The molecule has 1 nitrogen and oxygen atoms in total. The summed E-state index contributed by atoms with van der Waals surface area (Å²) >= 11 is 0. The van der Waals surface area contributed by atoms with Gasteiger partial charge in [-0.1, -0.05) is 58.0 Å². The molecule has 0 amide bonds. The van der Waals surface area contributed by atoms with Crippen molar-refractivity contribution in [3.8, 4) is 0 Å². The van der Waals surface area contributed by atoms with Gasteiger partial charge in [-0.05, 0) is 47.6 Å². The van der Waals surface area contributed by atoms with E-state index in [0.29, 0.717) is 11.8 Å². The third-order valence-corrected chi connectivity index (χ3v) is 3.66. The van der Waals surface area contributed by atoms with Gasteiger partial charge in [0.15, 0.2) is 0 Å². The minimum atomic E-state index is 0.515. The molecule has 0 aliphatic rings. The molecule has 0 fully saturated rings. The van der Waals surface area contributed by atoms with E-state index in [1.807, 2.05) is 0 Å². The quantitative estimate of drug-likeness (QED) is 0.718. The molecular weight excluding hydrogens is 242 g/mol. The van der Waals surface area contributed by atoms with Crippen molar-refractivity contribution in [3.63, 3.8) is 0 Å². The van der Waals surface area contributed by atoms with E-state index in [4.69, 9.17) is 0 Å². The highest BCUT2D eigenvalue weighted by molar-refractivity contribution is 5.68. The fourth-order valence-corrected chi connectivity index (χ4v) is 2.56. The summed E-state index contributed by atoms with van der Waals surface area (Å²) in [5.74, 6) is 1.03. The molecule has 106 valence electrons. The van der Waals surface area contributed by atoms with Crippen LogP contribution in [0.3, 0.4) is 0 Å².